The van der Waals surface area contributed by atoms with Gasteiger partial charge in [-0.05, 0) is 30.2 Å². The van der Waals surface area contributed by atoms with Crippen molar-refractivity contribution in [1.82, 2.24) is 0 Å². The lowest BCUT2D eigenvalue weighted by atomic mass is 10.0. The van der Waals surface area contributed by atoms with Gasteiger partial charge in [-0.2, -0.15) is 0 Å². The van der Waals surface area contributed by atoms with E-state index in [0.717, 1.165) is 11.1 Å². The van der Waals surface area contributed by atoms with Crippen LogP contribution in [0.3, 0.4) is 0 Å². The Bertz CT molecular complexity index is 587. The molecule has 0 bridgehead atoms. The third-order valence-electron chi connectivity index (χ3n) is 3.12. The molecule has 0 aliphatic carbocycles. The van der Waals surface area contributed by atoms with Crippen molar-refractivity contribution in [3.8, 4) is 11.1 Å². The molecule has 4 heteroatoms. The third-order valence-corrected chi connectivity index (χ3v) is 3.12. The highest BCUT2D eigenvalue weighted by molar-refractivity contribution is 5.90. The second kappa shape index (κ2) is 7.02. The van der Waals surface area contributed by atoms with Gasteiger partial charge in [0.1, 0.15) is 12.7 Å². The van der Waals surface area contributed by atoms with Gasteiger partial charge in [0, 0.05) is 0 Å². The van der Waals surface area contributed by atoms with Crippen LogP contribution in [-0.4, -0.2) is 35.5 Å². The lowest BCUT2D eigenvalue weighted by Gasteiger charge is -2.09. The van der Waals surface area contributed by atoms with Gasteiger partial charge in [0.25, 0.3) is 0 Å². The monoisotopic (exact) mass is 286 g/mol. The highest BCUT2D eigenvalue weighted by atomic mass is 16.5. The van der Waals surface area contributed by atoms with Crippen LogP contribution >= 0.6 is 0 Å². The molecule has 0 saturated carbocycles. The molecule has 1 unspecified atom stereocenters. The summed E-state index contributed by atoms with van der Waals surface area (Å²) in [6, 6.07) is 15.2. The Morgan fingerprint density at radius 1 is 1.05 bits per heavy atom. The van der Waals surface area contributed by atoms with Crippen molar-refractivity contribution in [2.45, 2.75) is 13.0 Å². The molecule has 1 atom stereocenters. The second-order valence-electron chi connectivity index (χ2n) is 4.88. The molecule has 0 aromatic heterocycles. The van der Waals surface area contributed by atoms with E-state index in [1.54, 1.807) is 12.1 Å². The molecule has 0 spiro atoms. The molecule has 21 heavy (non-hydrogen) atoms. The normalized spacial score (nSPS) is 12.0. The molecule has 0 heterocycles. The molecular formula is C17H18O4. The van der Waals surface area contributed by atoms with E-state index in [1.165, 1.54) is 5.56 Å². The van der Waals surface area contributed by atoms with Crippen molar-refractivity contribution < 1.29 is 19.7 Å². The second-order valence-corrected chi connectivity index (χ2v) is 4.88. The summed E-state index contributed by atoms with van der Waals surface area (Å²) in [5.74, 6) is -0.516. The van der Waals surface area contributed by atoms with E-state index >= 15 is 0 Å². The first kappa shape index (κ1) is 15.2. The zero-order valence-corrected chi connectivity index (χ0v) is 11.8. The van der Waals surface area contributed by atoms with Crippen LogP contribution in [0.2, 0.25) is 0 Å². The van der Waals surface area contributed by atoms with E-state index in [9.17, 15) is 4.79 Å². The number of hydrogen-bond donors (Lipinski definition) is 2. The fourth-order valence-corrected chi connectivity index (χ4v) is 1.85. The first-order valence-corrected chi connectivity index (χ1v) is 6.73. The molecule has 0 fully saturated rings. The van der Waals surface area contributed by atoms with Gasteiger partial charge in [-0.15, -0.1) is 0 Å². The molecule has 2 rings (SSSR count). The Morgan fingerprint density at radius 3 is 2.10 bits per heavy atom. The minimum Gasteiger partial charge on any atom is -0.459 e. The van der Waals surface area contributed by atoms with Crippen molar-refractivity contribution in [3.63, 3.8) is 0 Å². The Labute approximate surface area is 123 Å². The quantitative estimate of drug-likeness (QED) is 0.827. The number of rotatable bonds is 5. The van der Waals surface area contributed by atoms with E-state index < -0.39 is 18.7 Å². The zero-order valence-electron chi connectivity index (χ0n) is 11.8. The maximum atomic E-state index is 11.7. The van der Waals surface area contributed by atoms with E-state index in [0.29, 0.717) is 5.56 Å². The van der Waals surface area contributed by atoms with Gasteiger partial charge in [0.2, 0.25) is 0 Å². The minimum absolute atomic E-state index is 0.213. The standard InChI is InChI=1S/C17H18O4/c1-12-2-4-13(5-3-12)14-6-8-15(9-7-14)17(20)21-11-16(19)10-18/h2-9,16,18-19H,10-11H2,1H3. The van der Waals surface area contributed by atoms with Crippen molar-refractivity contribution in [1.29, 1.82) is 0 Å². The minimum atomic E-state index is -1.04. The van der Waals surface area contributed by atoms with Gasteiger partial charge < -0.3 is 14.9 Å². The van der Waals surface area contributed by atoms with Gasteiger partial charge in [0.15, 0.2) is 0 Å². The number of hydrogen-bond acceptors (Lipinski definition) is 4. The summed E-state index contributed by atoms with van der Waals surface area (Å²) in [7, 11) is 0. The summed E-state index contributed by atoms with van der Waals surface area (Å²) in [6.45, 7) is 1.39. The number of aliphatic hydroxyl groups excluding tert-OH is 2. The molecule has 0 amide bonds. The largest absolute Gasteiger partial charge is 0.459 e. The number of ether oxygens (including phenoxy) is 1. The Hall–Kier alpha value is -2.17. The molecule has 0 saturated heterocycles. The van der Waals surface area contributed by atoms with E-state index in [4.69, 9.17) is 14.9 Å². The van der Waals surface area contributed by atoms with Crippen LogP contribution in [0, 0.1) is 6.92 Å². The van der Waals surface area contributed by atoms with Gasteiger partial charge in [-0.25, -0.2) is 4.79 Å². The topological polar surface area (TPSA) is 66.8 Å². The van der Waals surface area contributed by atoms with E-state index in [2.05, 4.69) is 0 Å². The number of aryl methyl sites for hydroxylation is 1. The summed E-state index contributed by atoms with van der Waals surface area (Å²) >= 11 is 0. The van der Waals surface area contributed by atoms with Crippen LogP contribution in [0.15, 0.2) is 48.5 Å². The highest BCUT2D eigenvalue weighted by Gasteiger charge is 2.10. The number of carbonyl (C=O) groups excluding carboxylic acids is 1. The summed E-state index contributed by atoms with van der Waals surface area (Å²) in [4.78, 5) is 11.7. The first-order chi connectivity index (χ1) is 10.1. The van der Waals surface area contributed by atoms with E-state index in [1.807, 2.05) is 43.3 Å². The predicted molar refractivity (Wildman–Crippen MR) is 80.0 cm³/mol. The summed E-state index contributed by atoms with van der Waals surface area (Å²) < 4.78 is 4.89. The summed E-state index contributed by atoms with van der Waals surface area (Å²) in [5.41, 5.74) is 3.70. The fourth-order valence-electron chi connectivity index (χ4n) is 1.85. The molecule has 0 radical (unpaired) electrons. The lowest BCUT2D eigenvalue weighted by molar-refractivity contribution is 0.00933. The maximum absolute atomic E-state index is 11.7. The Morgan fingerprint density at radius 2 is 1.57 bits per heavy atom. The number of benzene rings is 2. The third kappa shape index (κ3) is 4.15. The number of esters is 1. The molecule has 2 aromatic carbocycles. The summed E-state index contributed by atoms with van der Waals surface area (Å²) in [6.07, 6.45) is -1.04. The van der Waals surface area contributed by atoms with Crippen molar-refractivity contribution in [2.75, 3.05) is 13.2 Å². The van der Waals surface area contributed by atoms with Gasteiger partial charge >= 0.3 is 5.97 Å². The van der Waals surface area contributed by atoms with Crippen LogP contribution in [0.5, 0.6) is 0 Å². The van der Waals surface area contributed by atoms with E-state index in [-0.39, 0.29) is 6.61 Å². The molecule has 2 aromatic rings. The van der Waals surface area contributed by atoms with Crippen LogP contribution in [0.4, 0.5) is 0 Å². The lowest BCUT2D eigenvalue weighted by Crippen LogP contribution is -2.21. The van der Waals surface area contributed by atoms with Crippen LogP contribution in [-0.2, 0) is 4.74 Å². The maximum Gasteiger partial charge on any atom is 0.338 e. The summed E-state index contributed by atoms with van der Waals surface area (Å²) in [5, 5.41) is 17.8. The van der Waals surface area contributed by atoms with Crippen LogP contribution in [0.1, 0.15) is 15.9 Å². The Kier molecular flexibility index (Phi) is 5.09. The molecule has 4 nitrogen and oxygen atoms in total. The van der Waals surface area contributed by atoms with Gasteiger partial charge in [-0.3, -0.25) is 0 Å². The molecule has 2 N–H and O–H groups in total. The SMILES string of the molecule is Cc1ccc(-c2ccc(C(=O)OCC(O)CO)cc2)cc1. The van der Waals surface area contributed by atoms with Gasteiger partial charge in [0.05, 0.1) is 12.2 Å². The van der Waals surface area contributed by atoms with Crippen LogP contribution in [0.25, 0.3) is 11.1 Å². The number of aliphatic hydroxyl groups is 2. The van der Waals surface area contributed by atoms with Crippen molar-refractivity contribution in [3.05, 3.63) is 59.7 Å². The zero-order chi connectivity index (χ0) is 15.2. The molecule has 0 aliphatic rings. The number of carbonyl (C=O) groups is 1. The van der Waals surface area contributed by atoms with Crippen molar-refractivity contribution >= 4 is 5.97 Å². The fraction of sp³-hybridized carbons (Fsp3) is 0.235. The van der Waals surface area contributed by atoms with Crippen LogP contribution < -0.4 is 0 Å². The molecule has 0 aliphatic heterocycles. The first-order valence-electron chi connectivity index (χ1n) is 6.73. The average molecular weight is 286 g/mol. The molecular weight excluding hydrogens is 268 g/mol. The van der Waals surface area contributed by atoms with Gasteiger partial charge in [-0.1, -0.05) is 42.0 Å². The predicted octanol–water partition coefficient (Wildman–Crippen LogP) is 2.17. The smallest absolute Gasteiger partial charge is 0.338 e. The Balaban J connectivity index is 2.04. The highest BCUT2D eigenvalue weighted by Crippen LogP contribution is 2.20. The average Bonchev–Trinajstić information content (AvgIpc) is 2.53. The molecule has 110 valence electrons. The van der Waals surface area contributed by atoms with Crippen molar-refractivity contribution in [2.24, 2.45) is 0 Å².